The van der Waals surface area contributed by atoms with Crippen molar-refractivity contribution < 1.29 is 28.5 Å². The van der Waals surface area contributed by atoms with Crippen LogP contribution in [0.2, 0.25) is 0 Å². The maximum atomic E-state index is 11.4. The van der Waals surface area contributed by atoms with Crippen LogP contribution in [-0.4, -0.2) is 50.6 Å². The summed E-state index contributed by atoms with van der Waals surface area (Å²) in [5.41, 5.74) is 1.34. The van der Waals surface area contributed by atoms with Gasteiger partial charge in [-0.2, -0.15) is 0 Å². The second kappa shape index (κ2) is 7.73. The summed E-state index contributed by atoms with van der Waals surface area (Å²) in [5, 5.41) is 0. The van der Waals surface area contributed by atoms with Crippen LogP contribution in [-0.2, 0) is 28.5 Å². The molecule has 0 amide bonds. The van der Waals surface area contributed by atoms with E-state index in [1.54, 1.807) is 0 Å². The van der Waals surface area contributed by atoms with Gasteiger partial charge in [-0.05, 0) is 24.7 Å². The highest BCUT2D eigenvalue weighted by atomic mass is 79.9. The predicted molar refractivity (Wildman–Crippen MR) is 101 cm³/mol. The summed E-state index contributed by atoms with van der Waals surface area (Å²) in [6.07, 6.45) is 1.94. The predicted octanol–water partition coefficient (Wildman–Crippen LogP) is 3.23. The maximum absolute atomic E-state index is 11.4. The number of carbonyl (C=O) groups is 2. The van der Waals surface area contributed by atoms with Gasteiger partial charge >= 0.3 is 11.9 Å². The van der Waals surface area contributed by atoms with E-state index >= 15 is 0 Å². The Bertz CT molecular complexity index is 685. The largest absolute Gasteiger partial charge is 0.466 e. The SMILES string of the molecule is COC(=O)C1=C(Br)[C@@H]2C[C@@H](C)[C@H]1O2.COC(=O)C1=C(Br)[C@H]2O[C@@H]1C[C@@H]2C. The molecule has 4 bridgehead atoms. The van der Waals surface area contributed by atoms with Crippen molar-refractivity contribution in [1.82, 2.24) is 0 Å². The van der Waals surface area contributed by atoms with Crippen molar-refractivity contribution in [3.05, 3.63) is 20.1 Å². The van der Waals surface area contributed by atoms with E-state index < -0.39 is 0 Å². The fraction of sp³-hybridized carbons (Fsp3) is 0.667. The molecule has 2 fully saturated rings. The number of methoxy groups -OCH3 is 2. The standard InChI is InChI=1S/2C9H11BrO3/c1-4-3-5-7(10)6(8(4)13-5)9(11)12-2;1-4-3-5-6(9(11)12-2)7(10)8(4)13-5/h2*4-5,8H,3H2,1-2H3/t2*4-,5+,8-/m10/s1. The summed E-state index contributed by atoms with van der Waals surface area (Å²) in [7, 11) is 2.79. The quantitative estimate of drug-likeness (QED) is 0.550. The van der Waals surface area contributed by atoms with Crippen LogP contribution in [0.5, 0.6) is 0 Å². The van der Waals surface area contributed by atoms with Gasteiger partial charge in [0.2, 0.25) is 0 Å². The van der Waals surface area contributed by atoms with E-state index in [9.17, 15) is 9.59 Å². The molecule has 0 aromatic rings. The van der Waals surface area contributed by atoms with E-state index in [-0.39, 0.29) is 36.4 Å². The van der Waals surface area contributed by atoms with Crippen LogP contribution >= 0.6 is 31.9 Å². The molecule has 4 heterocycles. The van der Waals surface area contributed by atoms with Gasteiger partial charge in [-0.15, -0.1) is 0 Å². The van der Waals surface area contributed by atoms with E-state index in [1.165, 1.54) is 14.2 Å². The molecule has 4 rings (SSSR count). The summed E-state index contributed by atoms with van der Waals surface area (Å²) in [5.74, 6) is 0.366. The van der Waals surface area contributed by atoms with Crippen LogP contribution in [0.1, 0.15) is 26.7 Å². The summed E-state index contributed by atoms with van der Waals surface area (Å²) in [4.78, 5) is 22.7. The van der Waals surface area contributed by atoms with E-state index in [2.05, 4.69) is 50.4 Å². The average Bonchev–Trinajstić information content (AvgIpc) is 3.33. The second-order valence-corrected chi connectivity index (χ2v) is 8.73. The van der Waals surface area contributed by atoms with Crippen molar-refractivity contribution >= 4 is 43.8 Å². The molecule has 8 heteroatoms. The molecule has 144 valence electrons. The second-order valence-electron chi connectivity index (χ2n) is 7.02. The van der Waals surface area contributed by atoms with Crippen LogP contribution in [0.4, 0.5) is 0 Å². The molecule has 4 aliphatic heterocycles. The highest BCUT2D eigenvalue weighted by Gasteiger charge is 2.48. The zero-order valence-corrected chi connectivity index (χ0v) is 18.3. The van der Waals surface area contributed by atoms with E-state index in [4.69, 9.17) is 14.2 Å². The molecule has 0 radical (unpaired) electrons. The third-order valence-corrected chi connectivity index (χ3v) is 7.11. The molecule has 6 nitrogen and oxygen atoms in total. The lowest BCUT2D eigenvalue weighted by atomic mass is 9.90. The number of fused-ring (bicyclic) bond motifs is 4. The normalized spacial score (nSPS) is 37.0. The molecule has 0 N–H and O–H groups in total. The Labute approximate surface area is 169 Å². The van der Waals surface area contributed by atoms with Gasteiger partial charge in [0.05, 0.1) is 49.8 Å². The van der Waals surface area contributed by atoms with E-state index in [0.29, 0.717) is 23.0 Å². The zero-order valence-electron chi connectivity index (χ0n) is 15.1. The van der Waals surface area contributed by atoms with Gasteiger partial charge in [-0.1, -0.05) is 45.7 Å². The zero-order chi connectivity index (χ0) is 19.2. The fourth-order valence-corrected chi connectivity index (χ4v) is 5.60. The molecule has 0 spiro atoms. The first kappa shape index (κ1) is 20.0. The molecule has 26 heavy (non-hydrogen) atoms. The van der Waals surface area contributed by atoms with Gasteiger partial charge in [-0.3, -0.25) is 0 Å². The average molecular weight is 494 g/mol. The fourth-order valence-electron chi connectivity index (χ4n) is 3.95. The number of ether oxygens (including phenoxy) is 4. The summed E-state index contributed by atoms with van der Waals surface area (Å²) >= 11 is 6.78. The number of hydrogen-bond acceptors (Lipinski definition) is 6. The first-order chi connectivity index (χ1) is 12.3. The highest BCUT2D eigenvalue weighted by Crippen LogP contribution is 2.46. The van der Waals surface area contributed by atoms with Crippen LogP contribution in [0.3, 0.4) is 0 Å². The lowest BCUT2D eigenvalue weighted by Crippen LogP contribution is -2.23. The Hall–Kier alpha value is -0.700. The van der Waals surface area contributed by atoms with Gasteiger partial charge in [-0.25, -0.2) is 9.59 Å². The molecule has 4 aliphatic rings. The Morgan fingerprint density at radius 3 is 1.85 bits per heavy atom. The molecule has 2 saturated heterocycles. The Balaban J connectivity index is 0.000000151. The van der Waals surface area contributed by atoms with Gasteiger partial charge in [0.25, 0.3) is 0 Å². The number of carbonyl (C=O) groups excluding carboxylic acids is 2. The van der Waals surface area contributed by atoms with Crippen LogP contribution < -0.4 is 0 Å². The maximum Gasteiger partial charge on any atom is 0.337 e. The molecular formula is C18H22Br2O6. The topological polar surface area (TPSA) is 71.1 Å². The number of rotatable bonds is 2. The monoisotopic (exact) mass is 492 g/mol. The summed E-state index contributed by atoms with van der Waals surface area (Å²) in [6, 6.07) is 0. The molecule has 0 unspecified atom stereocenters. The Morgan fingerprint density at radius 1 is 0.846 bits per heavy atom. The smallest absolute Gasteiger partial charge is 0.337 e. The van der Waals surface area contributed by atoms with Crippen molar-refractivity contribution in [3.8, 4) is 0 Å². The van der Waals surface area contributed by atoms with Crippen LogP contribution in [0.15, 0.2) is 20.1 Å². The molecular weight excluding hydrogens is 472 g/mol. The van der Waals surface area contributed by atoms with Gasteiger partial charge < -0.3 is 18.9 Å². The Kier molecular flexibility index (Phi) is 5.96. The van der Waals surface area contributed by atoms with Crippen molar-refractivity contribution in [2.75, 3.05) is 14.2 Å². The van der Waals surface area contributed by atoms with Gasteiger partial charge in [0.1, 0.15) is 0 Å². The molecule has 0 saturated carbocycles. The number of halogens is 2. The van der Waals surface area contributed by atoms with Crippen molar-refractivity contribution in [2.45, 2.75) is 51.1 Å². The number of hydrogen-bond donors (Lipinski definition) is 0. The van der Waals surface area contributed by atoms with Gasteiger partial charge in [0, 0.05) is 8.96 Å². The minimum atomic E-state index is -0.272. The van der Waals surface area contributed by atoms with Crippen molar-refractivity contribution in [1.29, 1.82) is 0 Å². The van der Waals surface area contributed by atoms with E-state index in [1.807, 2.05) is 0 Å². The first-order valence-corrected chi connectivity index (χ1v) is 10.1. The summed E-state index contributed by atoms with van der Waals surface area (Å²) in [6.45, 7) is 4.22. The van der Waals surface area contributed by atoms with E-state index in [0.717, 1.165) is 21.8 Å². The van der Waals surface area contributed by atoms with Crippen molar-refractivity contribution in [2.24, 2.45) is 11.8 Å². The lowest BCUT2D eigenvalue weighted by molar-refractivity contribution is -0.138. The minimum absolute atomic E-state index is 0.0539. The van der Waals surface area contributed by atoms with Crippen molar-refractivity contribution in [3.63, 3.8) is 0 Å². The Morgan fingerprint density at radius 2 is 1.35 bits per heavy atom. The first-order valence-electron chi connectivity index (χ1n) is 8.56. The number of esters is 2. The molecule has 0 aromatic carbocycles. The van der Waals surface area contributed by atoms with Crippen LogP contribution in [0.25, 0.3) is 0 Å². The molecule has 6 atom stereocenters. The van der Waals surface area contributed by atoms with Crippen LogP contribution in [0, 0.1) is 11.8 Å². The molecule has 0 aromatic heterocycles. The van der Waals surface area contributed by atoms with Gasteiger partial charge in [0.15, 0.2) is 0 Å². The summed E-state index contributed by atoms with van der Waals surface area (Å²) < 4.78 is 22.4. The minimum Gasteiger partial charge on any atom is -0.466 e. The third kappa shape index (κ3) is 3.30. The lowest BCUT2D eigenvalue weighted by Gasteiger charge is -2.16. The highest BCUT2D eigenvalue weighted by molar-refractivity contribution is 9.12. The third-order valence-electron chi connectivity index (χ3n) is 5.29. The molecule has 0 aliphatic carbocycles.